The van der Waals surface area contributed by atoms with E-state index < -0.39 is 44.8 Å². The Hall–Kier alpha value is -4.17. The van der Waals surface area contributed by atoms with Crippen molar-refractivity contribution in [2.45, 2.75) is 56.8 Å². The zero-order chi connectivity index (χ0) is 33.0. The molecule has 1 fully saturated rings. The van der Waals surface area contributed by atoms with Crippen molar-refractivity contribution in [3.8, 4) is 5.69 Å². The summed E-state index contributed by atoms with van der Waals surface area (Å²) < 4.78 is 87.2. The number of ketones is 1. The van der Waals surface area contributed by atoms with Crippen molar-refractivity contribution in [2.24, 2.45) is 18.4 Å². The van der Waals surface area contributed by atoms with Crippen LogP contribution in [-0.4, -0.2) is 55.6 Å². The predicted octanol–water partition coefficient (Wildman–Crippen LogP) is 5.87. The lowest BCUT2D eigenvalue weighted by Crippen LogP contribution is -2.51. The summed E-state index contributed by atoms with van der Waals surface area (Å²) in [5, 5.41) is 8.52. The highest BCUT2D eigenvalue weighted by Gasteiger charge is 2.52. The summed E-state index contributed by atoms with van der Waals surface area (Å²) in [6.07, 6.45) is 1.98. The zero-order valence-electron chi connectivity index (χ0n) is 25.4. The predicted molar refractivity (Wildman–Crippen MR) is 161 cm³/mol. The number of aromatic nitrogens is 5. The molecule has 1 saturated carbocycles. The number of allylic oxidation sites excluding steroid dienone is 1. The molecule has 2 atom stereocenters. The van der Waals surface area contributed by atoms with Crippen molar-refractivity contribution in [3.63, 3.8) is 0 Å². The van der Waals surface area contributed by atoms with Crippen LogP contribution in [0.4, 0.5) is 17.6 Å². The third-order valence-corrected chi connectivity index (χ3v) is 10.5. The van der Waals surface area contributed by atoms with Gasteiger partial charge in [-0.05, 0) is 85.7 Å². The monoisotopic (exact) mass is 656 g/mol. The van der Waals surface area contributed by atoms with Crippen LogP contribution in [0, 0.1) is 17.2 Å². The second-order valence-electron chi connectivity index (χ2n) is 12.3. The Balaban J connectivity index is 1.47. The molecular formula is C32H32F4N6O3S. The summed E-state index contributed by atoms with van der Waals surface area (Å²) in [5.74, 6) is -1.10. The van der Waals surface area contributed by atoms with Gasteiger partial charge in [-0.3, -0.25) is 14.5 Å². The molecule has 2 aliphatic carbocycles. The van der Waals surface area contributed by atoms with E-state index >= 15 is 0 Å². The van der Waals surface area contributed by atoms with Gasteiger partial charge in [-0.2, -0.15) is 27.7 Å². The van der Waals surface area contributed by atoms with Crippen LogP contribution in [0.1, 0.15) is 60.4 Å². The molecule has 9 nitrogen and oxygen atoms in total. The molecule has 14 heteroatoms. The minimum Gasteiger partial charge on any atom is -0.291 e. The SMILES string of the molecule is CC(C)CN([C@H]1CCC2=Cc3c(cnn3-c3ccc(F)cc3)C[C@]2(C(=O)c2cc(C(F)(F)F)ccn2)C1)S(=O)(=O)c1ccn(C)n1. The number of carbonyl (C=O) groups is 1. The number of fused-ring (bicyclic) bond motifs is 2. The number of alkyl halides is 3. The van der Waals surface area contributed by atoms with Gasteiger partial charge in [0.25, 0.3) is 10.0 Å². The molecule has 0 saturated heterocycles. The van der Waals surface area contributed by atoms with Crippen LogP contribution in [0.25, 0.3) is 11.8 Å². The molecule has 6 rings (SSSR count). The molecule has 2 aliphatic rings. The summed E-state index contributed by atoms with van der Waals surface area (Å²) in [6, 6.07) is 8.09. The van der Waals surface area contributed by atoms with Crippen LogP contribution in [0.3, 0.4) is 0 Å². The summed E-state index contributed by atoms with van der Waals surface area (Å²) in [5.41, 5.74) is -0.171. The number of sulfonamides is 1. The van der Waals surface area contributed by atoms with Crippen LogP contribution in [0.15, 0.2) is 71.7 Å². The number of rotatable bonds is 8. The maximum Gasteiger partial charge on any atom is 0.416 e. The number of hydrogen-bond donors (Lipinski definition) is 0. The first-order valence-electron chi connectivity index (χ1n) is 14.8. The van der Waals surface area contributed by atoms with Gasteiger partial charge in [-0.1, -0.05) is 19.4 Å². The highest BCUT2D eigenvalue weighted by atomic mass is 32.2. The summed E-state index contributed by atoms with van der Waals surface area (Å²) in [6.45, 7) is 3.93. The molecule has 0 aliphatic heterocycles. The van der Waals surface area contributed by atoms with E-state index in [-0.39, 0.29) is 36.0 Å². The molecule has 242 valence electrons. The Morgan fingerprint density at radius 1 is 1.15 bits per heavy atom. The second kappa shape index (κ2) is 11.6. The molecule has 3 heterocycles. The molecular weight excluding hydrogens is 624 g/mol. The van der Waals surface area contributed by atoms with Gasteiger partial charge >= 0.3 is 6.18 Å². The minimum atomic E-state index is -4.69. The standard InChI is InChI=1S/C32H32F4N6O3S/c1-20(2)19-41(46(44,45)29-11-13-40(3)39-29)26-7-4-22-15-28-21(18-38-42(28)25-8-5-24(33)6-9-25)16-31(22,17-26)30(43)27-14-23(10-12-37-27)32(34,35)36/h5-6,8-15,18,20,26H,4,7,16-17,19H2,1-3H3/t26-,31-/m0/s1. The maximum absolute atomic E-state index is 14.5. The van der Waals surface area contributed by atoms with E-state index in [1.165, 1.54) is 33.4 Å². The number of nitrogens with zero attached hydrogens (tertiary/aromatic N) is 6. The topological polar surface area (TPSA) is 103 Å². The third kappa shape index (κ3) is 5.68. The van der Waals surface area contributed by atoms with E-state index in [4.69, 9.17) is 0 Å². The van der Waals surface area contributed by atoms with Gasteiger partial charge in [-0.15, -0.1) is 0 Å². The fourth-order valence-electron chi connectivity index (χ4n) is 6.55. The van der Waals surface area contributed by atoms with Crippen LogP contribution < -0.4 is 0 Å². The zero-order valence-corrected chi connectivity index (χ0v) is 26.2. The van der Waals surface area contributed by atoms with Crippen molar-refractivity contribution < 1.29 is 30.8 Å². The van der Waals surface area contributed by atoms with Crippen molar-refractivity contribution in [3.05, 3.63) is 95.0 Å². The summed E-state index contributed by atoms with van der Waals surface area (Å²) >= 11 is 0. The number of carbonyl (C=O) groups excluding carboxylic acids is 1. The van der Waals surface area contributed by atoms with Crippen LogP contribution in [0.2, 0.25) is 0 Å². The Morgan fingerprint density at radius 3 is 2.54 bits per heavy atom. The lowest BCUT2D eigenvalue weighted by Gasteiger charge is -2.46. The normalized spacial score (nSPS) is 20.0. The van der Waals surface area contributed by atoms with E-state index in [1.807, 2.05) is 19.9 Å². The smallest absolute Gasteiger partial charge is 0.291 e. The quantitative estimate of drug-likeness (QED) is 0.174. The van der Waals surface area contributed by atoms with Gasteiger partial charge in [0, 0.05) is 32.0 Å². The number of hydrogen-bond acceptors (Lipinski definition) is 6. The Morgan fingerprint density at radius 2 is 1.89 bits per heavy atom. The number of pyridine rings is 1. The molecule has 0 unspecified atom stereocenters. The average molecular weight is 657 g/mol. The van der Waals surface area contributed by atoms with Crippen molar-refractivity contribution in [1.29, 1.82) is 0 Å². The highest BCUT2D eigenvalue weighted by molar-refractivity contribution is 7.89. The first-order chi connectivity index (χ1) is 21.7. The van der Waals surface area contributed by atoms with E-state index in [0.29, 0.717) is 35.4 Å². The first-order valence-corrected chi connectivity index (χ1v) is 16.3. The molecule has 0 amide bonds. The first kappa shape index (κ1) is 31.8. The lowest BCUT2D eigenvalue weighted by atomic mass is 9.60. The highest BCUT2D eigenvalue weighted by Crippen LogP contribution is 2.51. The largest absolute Gasteiger partial charge is 0.416 e. The number of aryl methyl sites for hydroxylation is 1. The Labute approximate surface area is 263 Å². The third-order valence-electron chi connectivity index (χ3n) is 8.68. The number of halogens is 4. The summed E-state index contributed by atoms with van der Waals surface area (Å²) in [4.78, 5) is 18.6. The maximum atomic E-state index is 14.5. The lowest BCUT2D eigenvalue weighted by molar-refractivity contribution is -0.137. The molecule has 3 aromatic heterocycles. The van der Waals surface area contributed by atoms with Crippen molar-refractivity contribution in [1.82, 2.24) is 28.9 Å². The minimum absolute atomic E-state index is 0.0234. The Kier molecular flexibility index (Phi) is 8.00. The molecule has 0 radical (unpaired) electrons. The molecule has 0 spiro atoms. The van der Waals surface area contributed by atoms with Crippen LogP contribution >= 0.6 is 0 Å². The van der Waals surface area contributed by atoms with Gasteiger partial charge in [0.1, 0.15) is 11.5 Å². The molecule has 0 N–H and O–H groups in total. The Bertz CT molecular complexity index is 1930. The van der Waals surface area contributed by atoms with Gasteiger partial charge in [0.15, 0.2) is 10.8 Å². The van der Waals surface area contributed by atoms with Crippen LogP contribution in [-0.2, 0) is 29.7 Å². The van der Waals surface area contributed by atoms with E-state index in [0.717, 1.165) is 18.3 Å². The number of Topliss-reactive ketones (excluding diaryl/α,β-unsaturated/α-hetero) is 1. The fourth-order valence-corrected chi connectivity index (χ4v) is 8.32. The number of benzene rings is 1. The molecule has 46 heavy (non-hydrogen) atoms. The molecule has 0 bridgehead atoms. The van der Waals surface area contributed by atoms with Gasteiger partial charge in [0.2, 0.25) is 0 Å². The van der Waals surface area contributed by atoms with E-state index in [9.17, 15) is 30.8 Å². The second-order valence-corrected chi connectivity index (χ2v) is 14.2. The average Bonchev–Trinajstić information content (AvgIpc) is 3.64. The van der Waals surface area contributed by atoms with Gasteiger partial charge in [-0.25, -0.2) is 17.5 Å². The molecule has 1 aromatic carbocycles. The van der Waals surface area contributed by atoms with Crippen molar-refractivity contribution in [2.75, 3.05) is 6.54 Å². The van der Waals surface area contributed by atoms with E-state index in [2.05, 4.69) is 15.2 Å². The molecule has 4 aromatic rings. The van der Waals surface area contributed by atoms with Crippen molar-refractivity contribution >= 4 is 21.9 Å². The van der Waals surface area contributed by atoms with E-state index in [1.54, 1.807) is 30.1 Å². The van der Waals surface area contributed by atoms with Gasteiger partial charge < -0.3 is 0 Å². The summed E-state index contributed by atoms with van der Waals surface area (Å²) in [7, 11) is -2.48. The van der Waals surface area contributed by atoms with Crippen LogP contribution in [0.5, 0.6) is 0 Å². The fraction of sp³-hybridized carbons (Fsp3) is 0.375. The van der Waals surface area contributed by atoms with Gasteiger partial charge in [0.05, 0.1) is 28.6 Å².